The number of benzene rings is 2. The van der Waals surface area contributed by atoms with Crippen molar-refractivity contribution in [2.75, 3.05) is 0 Å². The van der Waals surface area contributed by atoms with Crippen molar-refractivity contribution in [1.82, 2.24) is 0 Å². The molecule has 0 saturated carbocycles. The van der Waals surface area contributed by atoms with E-state index in [0.717, 1.165) is 16.5 Å². The van der Waals surface area contributed by atoms with E-state index < -0.39 is 12.3 Å². The first-order valence-corrected chi connectivity index (χ1v) is 7.74. The molecule has 0 amide bonds. The molecule has 25 heavy (non-hydrogen) atoms. The summed E-state index contributed by atoms with van der Waals surface area (Å²) in [5, 5.41) is 13.4. The molecule has 3 aromatic rings. The summed E-state index contributed by atoms with van der Waals surface area (Å²) in [6.45, 7) is 3.33. The minimum atomic E-state index is -0.987. The fourth-order valence-electron chi connectivity index (χ4n) is 2.54. The van der Waals surface area contributed by atoms with Gasteiger partial charge in [-0.1, -0.05) is 23.4 Å². The molecule has 2 aromatic carbocycles. The second kappa shape index (κ2) is 7.53. The van der Waals surface area contributed by atoms with Crippen LogP contribution in [0.5, 0.6) is 5.75 Å². The molecule has 0 aliphatic heterocycles. The normalized spacial score (nSPS) is 11.8. The SMILES string of the molecule is C=NOC(CCc1coc2ccccc12)Oc1ccc(C(=O)O)cc1. The molecule has 1 heterocycles. The Hall–Kier alpha value is -3.28. The fraction of sp³-hybridized carbons (Fsp3) is 0.158. The summed E-state index contributed by atoms with van der Waals surface area (Å²) in [5.74, 6) is -0.491. The lowest BCUT2D eigenvalue weighted by molar-refractivity contribution is -0.0817. The van der Waals surface area contributed by atoms with Crippen molar-refractivity contribution in [2.24, 2.45) is 5.16 Å². The Morgan fingerprint density at radius 2 is 1.96 bits per heavy atom. The Kier molecular flexibility index (Phi) is 4.99. The highest BCUT2D eigenvalue weighted by molar-refractivity contribution is 5.87. The molecule has 6 heteroatoms. The number of carbonyl (C=O) groups is 1. The van der Waals surface area contributed by atoms with E-state index in [0.29, 0.717) is 18.6 Å². The van der Waals surface area contributed by atoms with Crippen molar-refractivity contribution in [3.05, 3.63) is 65.9 Å². The Morgan fingerprint density at radius 3 is 2.68 bits per heavy atom. The number of rotatable bonds is 8. The standard InChI is InChI=1S/C19H17NO5/c1-20-25-18(24-15-9-6-13(7-10-15)19(21)22)11-8-14-12-23-17-5-3-2-4-16(14)17/h2-7,9-10,12,18H,1,8,11H2,(H,21,22). The monoisotopic (exact) mass is 339 g/mol. The molecule has 0 saturated heterocycles. The quantitative estimate of drug-likeness (QED) is 0.379. The van der Waals surface area contributed by atoms with Crippen LogP contribution in [0.15, 0.2) is 64.4 Å². The van der Waals surface area contributed by atoms with Crippen LogP contribution in [0.25, 0.3) is 11.0 Å². The zero-order valence-corrected chi connectivity index (χ0v) is 13.4. The van der Waals surface area contributed by atoms with Gasteiger partial charge in [-0.15, -0.1) is 0 Å². The maximum absolute atomic E-state index is 10.9. The van der Waals surface area contributed by atoms with E-state index in [1.165, 1.54) is 12.1 Å². The average molecular weight is 339 g/mol. The van der Waals surface area contributed by atoms with E-state index in [9.17, 15) is 4.79 Å². The van der Waals surface area contributed by atoms with Gasteiger partial charge in [0, 0.05) is 18.5 Å². The highest BCUT2D eigenvalue weighted by atomic mass is 16.8. The average Bonchev–Trinajstić information content (AvgIpc) is 3.03. The minimum Gasteiger partial charge on any atom is -0.478 e. The number of nitrogens with zero attached hydrogens (tertiary/aromatic N) is 1. The number of carboxylic acids is 1. The lowest BCUT2D eigenvalue weighted by Crippen LogP contribution is -2.19. The van der Waals surface area contributed by atoms with Gasteiger partial charge >= 0.3 is 5.97 Å². The third-order valence-electron chi connectivity index (χ3n) is 3.77. The molecule has 128 valence electrons. The van der Waals surface area contributed by atoms with E-state index in [4.69, 9.17) is 19.1 Å². The van der Waals surface area contributed by atoms with Gasteiger partial charge in [0.25, 0.3) is 6.29 Å². The Morgan fingerprint density at radius 1 is 1.20 bits per heavy atom. The Labute approximate surface area is 144 Å². The van der Waals surface area contributed by atoms with Crippen LogP contribution in [0.1, 0.15) is 22.3 Å². The van der Waals surface area contributed by atoms with Crippen molar-refractivity contribution in [3.63, 3.8) is 0 Å². The third-order valence-corrected chi connectivity index (χ3v) is 3.77. The maximum Gasteiger partial charge on any atom is 0.335 e. The summed E-state index contributed by atoms with van der Waals surface area (Å²) in [6.07, 6.45) is 2.29. The molecule has 0 bridgehead atoms. The molecule has 0 aliphatic rings. The first kappa shape index (κ1) is 16.6. The second-order valence-electron chi connectivity index (χ2n) is 5.41. The van der Waals surface area contributed by atoms with Crippen molar-refractivity contribution >= 4 is 23.7 Å². The summed E-state index contributed by atoms with van der Waals surface area (Å²) < 4.78 is 11.2. The van der Waals surface area contributed by atoms with Gasteiger partial charge in [0.15, 0.2) is 0 Å². The van der Waals surface area contributed by atoms with Gasteiger partial charge in [-0.05, 0) is 42.3 Å². The van der Waals surface area contributed by atoms with E-state index in [1.807, 2.05) is 24.3 Å². The number of ether oxygens (including phenoxy) is 1. The van der Waals surface area contributed by atoms with Crippen LogP contribution < -0.4 is 4.74 Å². The molecule has 1 aromatic heterocycles. The van der Waals surface area contributed by atoms with Crippen LogP contribution in [-0.2, 0) is 11.3 Å². The number of fused-ring (bicyclic) bond motifs is 1. The summed E-state index contributed by atoms with van der Waals surface area (Å²) in [5.41, 5.74) is 2.08. The zero-order valence-electron chi connectivity index (χ0n) is 13.4. The largest absolute Gasteiger partial charge is 0.478 e. The highest BCUT2D eigenvalue weighted by Crippen LogP contribution is 2.23. The van der Waals surface area contributed by atoms with Crippen LogP contribution >= 0.6 is 0 Å². The molecule has 6 nitrogen and oxygen atoms in total. The van der Waals surface area contributed by atoms with Crippen LogP contribution in [-0.4, -0.2) is 24.1 Å². The smallest absolute Gasteiger partial charge is 0.335 e. The Balaban J connectivity index is 1.66. The highest BCUT2D eigenvalue weighted by Gasteiger charge is 2.14. The minimum absolute atomic E-state index is 0.191. The first-order chi connectivity index (χ1) is 12.2. The number of hydrogen-bond donors (Lipinski definition) is 1. The van der Waals surface area contributed by atoms with Gasteiger partial charge in [0.1, 0.15) is 11.3 Å². The number of oxime groups is 1. The summed E-state index contributed by atoms with van der Waals surface area (Å²) in [6, 6.07) is 13.9. The van der Waals surface area contributed by atoms with E-state index in [-0.39, 0.29) is 5.56 Å². The van der Waals surface area contributed by atoms with Gasteiger partial charge in [0.05, 0.1) is 11.8 Å². The van der Waals surface area contributed by atoms with Gasteiger partial charge in [-0.2, -0.15) is 0 Å². The Bertz CT molecular complexity index is 869. The molecule has 0 fully saturated rings. The van der Waals surface area contributed by atoms with Crippen molar-refractivity contribution < 1.29 is 23.9 Å². The molecule has 1 atom stereocenters. The maximum atomic E-state index is 10.9. The van der Waals surface area contributed by atoms with E-state index in [2.05, 4.69) is 11.9 Å². The van der Waals surface area contributed by atoms with Crippen molar-refractivity contribution in [1.29, 1.82) is 0 Å². The molecule has 3 rings (SSSR count). The third kappa shape index (κ3) is 3.98. The molecule has 0 aliphatic carbocycles. The zero-order chi connectivity index (χ0) is 17.6. The fourth-order valence-corrected chi connectivity index (χ4v) is 2.54. The van der Waals surface area contributed by atoms with Crippen molar-refractivity contribution in [3.8, 4) is 5.75 Å². The van der Waals surface area contributed by atoms with Crippen LogP contribution in [0.4, 0.5) is 0 Å². The topological polar surface area (TPSA) is 81.3 Å². The van der Waals surface area contributed by atoms with Gasteiger partial charge in [-0.25, -0.2) is 4.79 Å². The molecule has 1 N–H and O–H groups in total. The van der Waals surface area contributed by atoms with E-state index in [1.54, 1.807) is 18.4 Å². The molecular formula is C19H17NO5. The molecule has 0 radical (unpaired) electrons. The number of para-hydroxylation sites is 1. The predicted molar refractivity (Wildman–Crippen MR) is 93.0 cm³/mol. The molecule has 0 spiro atoms. The van der Waals surface area contributed by atoms with Gasteiger partial charge in [-0.3, -0.25) is 0 Å². The number of aromatic carboxylic acids is 1. The van der Waals surface area contributed by atoms with E-state index >= 15 is 0 Å². The lowest BCUT2D eigenvalue weighted by Gasteiger charge is -2.16. The summed E-state index contributed by atoms with van der Waals surface area (Å²) in [4.78, 5) is 16.1. The van der Waals surface area contributed by atoms with Crippen molar-refractivity contribution in [2.45, 2.75) is 19.1 Å². The molecule has 1 unspecified atom stereocenters. The first-order valence-electron chi connectivity index (χ1n) is 7.74. The summed E-state index contributed by atoms with van der Waals surface area (Å²) in [7, 11) is 0. The lowest BCUT2D eigenvalue weighted by atomic mass is 10.1. The number of furan rings is 1. The number of aryl methyl sites for hydroxylation is 1. The van der Waals surface area contributed by atoms with Gasteiger partial charge < -0.3 is 19.1 Å². The van der Waals surface area contributed by atoms with Crippen LogP contribution in [0.3, 0.4) is 0 Å². The number of hydrogen-bond acceptors (Lipinski definition) is 5. The van der Waals surface area contributed by atoms with Gasteiger partial charge in [0.2, 0.25) is 0 Å². The van der Waals surface area contributed by atoms with Crippen LogP contribution in [0, 0.1) is 0 Å². The molecular weight excluding hydrogens is 322 g/mol. The van der Waals surface area contributed by atoms with Crippen LogP contribution in [0.2, 0.25) is 0 Å². The number of carboxylic acid groups (broad SMARTS) is 1. The summed E-state index contributed by atoms with van der Waals surface area (Å²) >= 11 is 0. The predicted octanol–water partition coefficient (Wildman–Crippen LogP) is 4.10. The second-order valence-corrected chi connectivity index (χ2v) is 5.41.